The summed E-state index contributed by atoms with van der Waals surface area (Å²) in [6.45, 7) is 7.41. The normalized spacial score (nSPS) is 20.0. The third-order valence-electron chi connectivity index (χ3n) is 6.31. The first-order chi connectivity index (χ1) is 17.4. The van der Waals surface area contributed by atoms with Gasteiger partial charge >= 0.3 is 0 Å². The number of halogens is 1. The van der Waals surface area contributed by atoms with Gasteiger partial charge in [0.1, 0.15) is 22.6 Å². The van der Waals surface area contributed by atoms with Gasteiger partial charge in [-0.15, -0.1) is 0 Å². The fraction of sp³-hybridized carbons (Fsp3) is 0.464. The summed E-state index contributed by atoms with van der Waals surface area (Å²) in [5.41, 5.74) is 0.559. The number of nitrogens with zero attached hydrogens (tertiary/aromatic N) is 2. The van der Waals surface area contributed by atoms with Crippen molar-refractivity contribution in [3.8, 4) is 17.6 Å². The highest BCUT2D eigenvalue weighted by molar-refractivity contribution is 7.89. The Morgan fingerprint density at radius 3 is 2.59 bits per heavy atom. The summed E-state index contributed by atoms with van der Waals surface area (Å²) < 4.78 is 49.0. The molecule has 3 atom stereocenters. The lowest BCUT2D eigenvalue weighted by atomic mass is 10.0. The highest BCUT2D eigenvalue weighted by atomic mass is 32.2. The molecule has 1 aliphatic rings. The molecule has 2 aromatic carbocycles. The molecule has 7 nitrogen and oxygen atoms in total. The second kappa shape index (κ2) is 12.1. The van der Waals surface area contributed by atoms with Gasteiger partial charge in [0.15, 0.2) is 0 Å². The molecular weight excluding hydrogens is 495 g/mol. The molecule has 3 rings (SSSR count). The zero-order chi connectivity index (χ0) is 27.3. The molecule has 0 fully saturated rings. The van der Waals surface area contributed by atoms with Gasteiger partial charge in [0.05, 0.1) is 18.7 Å². The van der Waals surface area contributed by atoms with Gasteiger partial charge in [0, 0.05) is 37.5 Å². The quantitative estimate of drug-likeness (QED) is 0.575. The molecule has 1 aliphatic heterocycles. The largest absolute Gasteiger partial charge is 0.487 e. The van der Waals surface area contributed by atoms with E-state index in [0.717, 1.165) is 0 Å². The standard InChI is InChI=1S/C28H35FN2O5S/c1-19(2)9-8-10-22-13-14-27-25(15-22)36-26(20(3)16-31(21(4)18-32)37(27,34)35)17-30(5)28(33)23-11-6-7-12-24(23)29/h6-7,11-15,19-21,26,32H,9,16-18H2,1-5H3/t20-,21-,26+/m1/s1. The maximum absolute atomic E-state index is 14.2. The number of carbonyl (C=O) groups excluding carboxylic acids is 1. The molecule has 1 heterocycles. The Balaban J connectivity index is 2.01. The summed E-state index contributed by atoms with van der Waals surface area (Å²) in [6, 6.07) is 9.82. The second-order valence-electron chi connectivity index (χ2n) is 9.97. The predicted molar refractivity (Wildman–Crippen MR) is 140 cm³/mol. The molecule has 0 aliphatic carbocycles. The predicted octanol–water partition coefficient (Wildman–Crippen LogP) is 3.76. The van der Waals surface area contributed by atoms with Crippen molar-refractivity contribution in [1.29, 1.82) is 0 Å². The summed E-state index contributed by atoms with van der Waals surface area (Å²) >= 11 is 0. The number of amides is 1. The van der Waals surface area contributed by atoms with Crippen molar-refractivity contribution in [1.82, 2.24) is 9.21 Å². The average Bonchev–Trinajstić information content (AvgIpc) is 2.85. The van der Waals surface area contributed by atoms with Crippen molar-refractivity contribution < 1.29 is 27.4 Å². The Kier molecular flexibility index (Phi) is 9.35. The molecule has 0 spiro atoms. The number of ether oxygens (including phenoxy) is 1. The molecule has 0 unspecified atom stereocenters. The van der Waals surface area contributed by atoms with E-state index < -0.39 is 33.9 Å². The lowest BCUT2D eigenvalue weighted by Gasteiger charge is -2.37. The van der Waals surface area contributed by atoms with Crippen molar-refractivity contribution in [3.05, 3.63) is 59.4 Å². The molecule has 9 heteroatoms. The molecule has 0 saturated carbocycles. The molecule has 0 radical (unpaired) electrons. The number of hydrogen-bond donors (Lipinski definition) is 1. The van der Waals surface area contributed by atoms with E-state index in [0.29, 0.717) is 17.9 Å². The Labute approximate surface area is 219 Å². The van der Waals surface area contributed by atoms with E-state index in [1.54, 1.807) is 32.2 Å². The fourth-order valence-corrected chi connectivity index (χ4v) is 5.90. The van der Waals surface area contributed by atoms with E-state index in [1.165, 1.54) is 33.5 Å². The van der Waals surface area contributed by atoms with Crippen molar-refractivity contribution in [2.45, 2.75) is 51.2 Å². The minimum Gasteiger partial charge on any atom is -0.487 e. The average molecular weight is 531 g/mol. The van der Waals surface area contributed by atoms with Crippen molar-refractivity contribution in [2.75, 3.05) is 26.7 Å². The van der Waals surface area contributed by atoms with Gasteiger partial charge in [0.2, 0.25) is 10.0 Å². The van der Waals surface area contributed by atoms with Gasteiger partial charge < -0.3 is 14.7 Å². The zero-order valence-electron chi connectivity index (χ0n) is 21.9. The van der Waals surface area contributed by atoms with Crippen LogP contribution in [-0.4, -0.2) is 67.5 Å². The molecule has 37 heavy (non-hydrogen) atoms. The van der Waals surface area contributed by atoms with Crippen molar-refractivity contribution in [2.24, 2.45) is 11.8 Å². The number of likely N-dealkylation sites (N-methyl/N-ethyl adjacent to an activating group) is 1. The Hall–Kier alpha value is -2.93. The maximum Gasteiger partial charge on any atom is 0.256 e. The summed E-state index contributed by atoms with van der Waals surface area (Å²) in [5.74, 6) is 5.22. The van der Waals surface area contributed by atoms with Crippen LogP contribution in [0.4, 0.5) is 4.39 Å². The highest BCUT2D eigenvalue weighted by Crippen LogP contribution is 2.34. The van der Waals surface area contributed by atoms with Gasteiger partial charge in [-0.25, -0.2) is 12.8 Å². The van der Waals surface area contributed by atoms with E-state index in [9.17, 15) is 22.7 Å². The third-order valence-corrected chi connectivity index (χ3v) is 8.33. The second-order valence-corrected chi connectivity index (χ2v) is 11.8. The lowest BCUT2D eigenvalue weighted by molar-refractivity contribution is 0.0560. The highest BCUT2D eigenvalue weighted by Gasteiger charge is 2.38. The third kappa shape index (κ3) is 6.69. The van der Waals surface area contributed by atoms with E-state index in [1.807, 2.05) is 6.92 Å². The Morgan fingerprint density at radius 2 is 1.95 bits per heavy atom. The molecule has 1 amide bonds. The molecule has 0 saturated heterocycles. The molecule has 1 N–H and O–H groups in total. The van der Waals surface area contributed by atoms with E-state index in [2.05, 4.69) is 25.7 Å². The van der Waals surface area contributed by atoms with Crippen LogP contribution < -0.4 is 4.74 Å². The number of sulfonamides is 1. The van der Waals surface area contributed by atoms with Crippen LogP contribution in [0.2, 0.25) is 0 Å². The van der Waals surface area contributed by atoms with Crippen LogP contribution in [0.1, 0.15) is 50.0 Å². The van der Waals surface area contributed by atoms with Crippen molar-refractivity contribution >= 4 is 15.9 Å². The van der Waals surface area contributed by atoms with Gasteiger partial charge in [-0.3, -0.25) is 4.79 Å². The smallest absolute Gasteiger partial charge is 0.256 e. The van der Waals surface area contributed by atoms with E-state index in [4.69, 9.17) is 4.74 Å². The Morgan fingerprint density at radius 1 is 1.24 bits per heavy atom. The number of benzene rings is 2. The maximum atomic E-state index is 14.2. The minimum absolute atomic E-state index is 0.0257. The summed E-state index contributed by atoms with van der Waals surface area (Å²) in [5, 5.41) is 9.79. The molecule has 0 bridgehead atoms. The lowest BCUT2D eigenvalue weighted by Crippen LogP contribution is -2.50. The number of carbonyl (C=O) groups is 1. The first-order valence-electron chi connectivity index (χ1n) is 12.4. The topological polar surface area (TPSA) is 87.2 Å². The van der Waals surface area contributed by atoms with Crippen LogP contribution in [0, 0.1) is 29.5 Å². The van der Waals surface area contributed by atoms with Crippen LogP contribution in [0.3, 0.4) is 0 Å². The van der Waals surface area contributed by atoms with Crippen LogP contribution in [0.25, 0.3) is 0 Å². The van der Waals surface area contributed by atoms with Gasteiger partial charge in [-0.1, -0.05) is 44.7 Å². The fourth-order valence-electron chi connectivity index (χ4n) is 4.07. The number of aliphatic hydroxyl groups is 1. The minimum atomic E-state index is -3.98. The molecule has 200 valence electrons. The Bertz CT molecular complexity index is 1280. The molecule has 0 aromatic heterocycles. The van der Waals surface area contributed by atoms with Crippen LogP contribution in [-0.2, 0) is 10.0 Å². The zero-order valence-corrected chi connectivity index (χ0v) is 22.8. The SMILES string of the molecule is CC(C)CC#Cc1ccc2c(c1)O[C@@H](CN(C)C(=O)c1ccccc1F)[C@H](C)CN([C@H](C)CO)S2(=O)=O. The van der Waals surface area contributed by atoms with Crippen molar-refractivity contribution in [3.63, 3.8) is 0 Å². The number of hydrogen-bond acceptors (Lipinski definition) is 5. The van der Waals surface area contributed by atoms with Crippen LogP contribution in [0.15, 0.2) is 47.4 Å². The first kappa shape index (κ1) is 28.6. The summed E-state index contributed by atoms with van der Waals surface area (Å²) in [6.07, 6.45) is 0.0860. The van der Waals surface area contributed by atoms with Gasteiger partial charge in [0.25, 0.3) is 5.91 Å². The number of fused-ring (bicyclic) bond motifs is 1. The molecular formula is C28H35FN2O5S. The van der Waals surface area contributed by atoms with E-state index in [-0.39, 0.29) is 41.8 Å². The van der Waals surface area contributed by atoms with E-state index >= 15 is 0 Å². The first-order valence-corrected chi connectivity index (χ1v) is 13.8. The summed E-state index contributed by atoms with van der Waals surface area (Å²) in [7, 11) is -2.43. The van der Waals surface area contributed by atoms with Crippen LogP contribution in [0.5, 0.6) is 5.75 Å². The number of aliphatic hydroxyl groups excluding tert-OH is 1. The monoisotopic (exact) mass is 530 g/mol. The van der Waals surface area contributed by atoms with Gasteiger partial charge in [-0.05, 0) is 43.2 Å². The summed E-state index contributed by atoms with van der Waals surface area (Å²) in [4.78, 5) is 14.3. The van der Waals surface area contributed by atoms with Gasteiger partial charge in [-0.2, -0.15) is 4.31 Å². The number of rotatable bonds is 6. The molecule has 2 aromatic rings. The van der Waals surface area contributed by atoms with Crippen LogP contribution >= 0.6 is 0 Å².